The minimum atomic E-state index is -0.117. The van der Waals surface area contributed by atoms with Crippen molar-refractivity contribution < 1.29 is 14.3 Å². The van der Waals surface area contributed by atoms with Gasteiger partial charge >= 0.3 is 6.03 Å². The van der Waals surface area contributed by atoms with E-state index in [1.54, 1.807) is 12.0 Å². The van der Waals surface area contributed by atoms with Gasteiger partial charge in [0.15, 0.2) is 0 Å². The van der Waals surface area contributed by atoms with Crippen molar-refractivity contribution >= 4 is 17.6 Å². The van der Waals surface area contributed by atoms with Gasteiger partial charge in [-0.3, -0.25) is 9.69 Å². The molecule has 1 aromatic carbocycles. The summed E-state index contributed by atoms with van der Waals surface area (Å²) in [5, 5.41) is 5.85. The Labute approximate surface area is 149 Å². The van der Waals surface area contributed by atoms with E-state index in [1.165, 1.54) is 0 Å². The summed E-state index contributed by atoms with van der Waals surface area (Å²) in [6.07, 6.45) is 0.922. The number of ether oxygens (including phenoxy) is 1. The van der Waals surface area contributed by atoms with Gasteiger partial charge < -0.3 is 20.3 Å². The van der Waals surface area contributed by atoms with Crippen LogP contribution in [0.2, 0.25) is 0 Å². The molecular weight excluding hydrogens is 320 g/mol. The SMILES string of the molecule is CCC(C)NC(=O)CN1CCN(C(=O)Nc2ccc(OC)cc2)CC1. The van der Waals surface area contributed by atoms with Gasteiger partial charge in [0.25, 0.3) is 0 Å². The highest BCUT2D eigenvalue weighted by Crippen LogP contribution is 2.15. The Balaban J connectivity index is 1.75. The fourth-order valence-electron chi connectivity index (χ4n) is 2.61. The van der Waals surface area contributed by atoms with Gasteiger partial charge in [-0.25, -0.2) is 4.79 Å². The highest BCUT2D eigenvalue weighted by molar-refractivity contribution is 5.89. The van der Waals surface area contributed by atoms with Crippen molar-refractivity contribution in [2.75, 3.05) is 45.2 Å². The van der Waals surface area contributed by atoms with Crippen LogP contribution in [0.4, 0.5) is 10.5 Å². The smallest absolute Gasteiger partial charge is 0.321 e. The molecule has 1 saturated heterocycles. The number of amides is 3. The predicted octanol–water partition coefficient (Wildman–Crippen LogP) is 1.76. The Morgan fingerprint density at radius 3 is 2.36 bits per heavy atom. The topological polar surface area (TPSA) is 73.9 Å². The average molecular weight is 348 g/mol. The first-order chi connectivity index (χ1) is 12.0. The van der Waals surface area contributed by atoms with E-state index in [9.17, 15) is 9.59 Å². The fourth-order valence-corrected chi connectivity index (χ4v) is 2.61. The van der Waals surface area contributed by atoms with Gasteiger partial charge in [0.2, 0.25) is 5.91 Å². The van der Waals surface area contributed by atoms with E-state index in [2.05, 4.69) is 15.5 Å². The Morgan fingerprint density at radius 1 is 1.16 bits per heavy atom. The van der Waals surface area contributed by atoms with Crippen molar-refractivity contribution in [3.05, 3.63) is 24.3 Å². The number of urea groups is 1. The fraction of sp³-hybridized carbons (Fsp3) is 0.556. The van der Waals surface area contributed by atoms with Crippen molar-refractivity contribution in [2.45, 2.75) is 26.3 Å². The highest BCUT2D eigenvalue weighted by atomic mass is 16.5. The second kappa shape index (κ2) is 9.27. The van der Waals surface area contributed by atoms with Gasteiger partial charge in [-0.15, -0.1) is 0 Å². The third kappa shape index (κ3) is 5.94. The van der Waals surface area contributed by atoms with E-state index in [0.29, 0.717) is 32.7 Å². The molecule has 7 heteroatoms. The van der Waals surface area contributed by atoms with Gasteiger partial charge in [0, 0.05) is 37.9 Å². The lowest BCUT2D eigenvalue weighted by Gasteiger charge is -2.34. The second-order valence-electron chi connectivity index (χ2n) is 6.30. The summed E-state index contributed by atoms with van der Waals surface area (Å²) >= 11 is 0. The van der Waals surface area contributed by atoms with Crippen LogP contribution in [0.3, 0.4) is 0 Å². The van der Waals surface area contributed by atoms with Crippen LogP contribution >= 0.6 is 0 Å². The minimum absolute atomic E-state index is 0.0467. The summed E-state index contributed by atoms with van der Waals surface area (Å²) in [5.74, 6) is 0.799. The summed E-state index contributed by atoms with van der Waals surface area (Å²) in [6.45, 7) is 7.05. The molecule has 3 amide bonds. The molecule has 0 radical (unpaired) electrons. The molecular formula is C18H28N4O3. The monoisotopic (exact) mass is 348 g/mol. The normalized spacial score (nSPS) is 16.2. The lowest BCUT2D eigenvalue weighted by atomic mass is 10.2. The standard InChI is InChI=1S/C18H28N4O3/c1-4-14(2)19-17(23)13-21-9-11-22(12-10-21)18(24)20-15-5-7-16(25-3)8-6-15/h5-8,14H,4,9-13H2,1-3H3,(H,19,23)(H,20,24). The second-order valence-corrected chi connectivity index (χ2v) is 6.30. The van der Waals surface area contributed by atoms with Gasteiger partial charge in [0.05, 0.1) is 13.7 Å². The maximum Gasteiger partial charge on any atom is 0.321 e. The molecule has 0 spiro atoms. The first-order valence-electron chi connectivity index (χ1n) is 8.73. The van der Waals surface area contributed by atoms with Crippen molar-refractivity contribution in [2.24, 2.45) is 0 Å². The van der Waals surface area contributed by atoms with E-state index in [4.69, 9.17) is 4.74 Å². The average Bonchev–Trinajstić information content (AvgIpc) is 2.62. The molecule has 2 N–H and O–H groups in total. The van der Waals surface area contributed by atoms with E-state index < -0.39 is 0 Å². The van der Waals surface area contributed by atoms with E-state index >= 15 is 0 Å². The van der Waals surface area contributed by atoms with Crippen molar-refractivity contribution in [1.82, 2.24) is 15.1 Å². The number of hydrogen-bond acceptors (Lipinski definition) is 4. The van der Waals surface area contributed by atoms with Gasteiger partial charge in [-0.2, -0.15) is 0 Å². The largest absolute Gasteiger partial charge is 0.497 e. The molecule has 7 nitrogen and oxygen atoms in total. The minimum Gasteiger partial charge on any atom is -0.497 e. The number of nitrogens with zero attached hydrogens (tertiary/aromatic N) is 2. The van der Waals surface area contributed by atoms with Crippen molar-refractivity contribution in [3.63, 3.8) is 0 Å². The van der Waals surface area contributed by atoms with E-state index in [-0.39, 0.29) is 18.0 Å². The van der Waals surface area contributed by atoms with Gasteiger partial charge in [-0.1, -0.05) is 6.92 Å². The van der Waals surface area contributed by atoms with Gasteiger partial charge in [-0.05, 0) is 37.6 Å². The molecule has 1 aliphatic heterocycles. The van der Waals surface area contributed by atoms with Crippen LogP contribution in [0.1, 0.15) is 20.3 Å². The number of carbonyl (C=O) groups excluding carboxylic acids is 2. The van der Waals surface area contributed by atoms with Crippen molar-refractivity contribution in [1.29, 1.82) is 0 Å². The van der Waals surface area contributed by atoms with Gasteiger partial charge in [0.1, 0.15) is 5.75 Å². The number of nitrogens with one attached hydrogen (secondary N) is 2. The molecule has 25 heavy (non-hydrogen) atoms. The van der Waals surface area contributed by atoms with Crippen LogP contribution in [0.15, 0.2) is 24.3 Å². The molecule has 0 bridgehead atoms. The van der Waals surface area contributed by atoms with E-state index in [1.807, 2.05) is 38.1 Å². The molecule has 2 rings (SSSR count). The molecule has 1 fully saturated rings. The summed E-state index contributed by atoms with van der Waals surface area (Å²) in [5.41, 5.74) is 0.737. The van der Waals surface area contributed by atoms with Crippen LogP contribution in [-0.2, 0) is 4.79 Å². The molecule has 1 atom stereocenters. The summed E-state index contributed by atoms with van der Waals surface area (Å²) in [4.78, 5) is 28.1. The zero-order valence-electron chi connectivity index (χ0n) is 15.2. The lowest BCUT2D eigenvalue weighted by Crippen LogP contribution is -2.52. The maximum atomic E-state index is 12.3. The summed E-state index contributed by atoms with van der Waals surface area (Å²) in [7, 11) is 1.61. The van der Waals surface area contributed by atoms with Crippen molar-refractivity contribution in [3.8, 4) is 5.75 Å². The number of piperazine rings is 1. The zero-order chi connectivity index (χ0) is 18.2. The number of carbonyl (C=O) groups is 2. The number of hydrogen-bond donors (Lipinski definition) is 2. The quantitative estimate of drug-likeness (QED) is 0.822. The molecule has 1 unspecified atom stereocenters. The molecule has 0 aliphatic carbocycles. The van der Waals surface area contributed by atoms with Crippen LogP contribution < -0.4 is 15.4 Å². The highest BCUT2D eigenvalue weighted by Gasteiger charge is 2.22. The van der Waals surface area contributed by atoms with E-state index in [0.717, 1.165) is 17.9 Å². The first-order valence-corrected chi connectivity index (χ1v) is 8.73. The molecule has 1 heterocycles. The Hall–Kier alpha value is -2.28. The molecule has 0 saturated carbocycles. The molecule has 138 valence electrons. The lowest BCUT2D eigenvalue weighted by molar-refractivity contribution is -0.123. The predicted molar refractivity (Wildman–Crippen MR) is 97.9 cm³/mol. The number of benzene rings is 1. The Bertz CT molecular complexity index is 568. The van der Waals surface area contributed by atoms with Crippen LogP contribution in [0.25, 0.3) is 0 Å². The summed E-state index contributed by atoms with van der Waals surface area (Å²) in [6, 6.07) is 7.32. The number of methoxy groups -OCH3 is 1. The van der Waals surface area contributed by atoms with Crippen LogP contribution in [-0.4, -0.2) is 67.6 Å². The van der Waals surface area contributed by atoms with Crippen LogP contribution in [0, 0.1) is 0 Å². The molecule has 1 aliphatic rings. The number of rotatable bonds is 6. The molecule has 1 aromatic rings. The zero-order valence-corrected chi connectivity index (χ0v) is 15.2. The number of anilines is 1. The summed E-state index contributed by atoms with van der Waals surface area (Å²) < 4.78 is 5.10. The molecule has 0 aromatic heterocycles. The van der Waals surface area contributed by atoms with Crippen LogP contribution in [0.5, 0.6) is 5.75 Å². The third-order valence-corrected chi connectivity index (χ3v) is 4.39. The Morgan fingerprint density at radius 2 is 1.80 bits per heavy atom. The maximum absolute atomic E-state index is 12.3. The Kier molecular flexibility index (Phi) is 7.06. The third-order valence-electron chi connectivity index (χ3n) is 4.39. The first kappa shape index (κ1) is 19.1.